The first-order chi connectivity index (χ1) is 15.8. The van der Waals surface area contributed by atoms with Gasteiger partial charge in [0.05, 0.1) is 44.7 Å². The van der Waals surface area contributed by atoms with Gasteiger partial charge in [-0.05, 0) is 30.3 Å². The summed E-state index contributed by atoms with van der Waals surface area (Å²) in [7, 11) is 1.46. The normalized spacial score (nSPS) is 20.6. The number of urea groups is 1. The smallest absolute Gasteiger partial charge is 0.322 e. The molecule has 2 aliphatic rings. The highest BCUT2D eigenvalue weighted by Crippen LogP contribution is 2.29. The largest absolute Gasteiger partial charge is 0.496 e. The average molecular weight is 482 g/mol. The summed E-state index contributed by atoms with van der Waals surface area (Å²) in [5, 5.41) is 2.83. The molecular formula is C22H22ClF2N3O5. The summed E-state index contributed by atoms with van der Waals surface area (Å²) in [5.41, 5.74) is 0.163. The summed E-state index contributed by atoms with van der Waals surface area (Å²) >= 11 is 6.06. The van der Waals surface area contributed by atoms with E-state index in [1.807, 2.05) is 0 Å². The molecule has 1 atom stereocenters. The third kappa shape index (κ3) is 5.02. The van der Waals surface area contributed by atoms with E-state index in [0.29, 0.717) is 28.9 Å². The Balaban J connectivity index is 1.47. The Morgan fingerprint density at radius 3 is 2.45 bits per heavy atom. The highest BCUT2D eigenvalue weighted by molar-refractivity contribution is 6.31. The molecule has 3 amide bonds. The van der Waals surface area contributed by atoms with Gasteiger partial charge in [-0.2, -0.15) is 0 Å². The van der Waals surface area contributed by atoms with Crippen molar-refractivity contribution < 1.29 is 32.6 Å². The number of amides is 3. The molecule has 0 aliphatic carbocycles. The lowest BCUT2D eigenvalue weighted by molar-refractivity contribution is -0.281. The summed E-state index contributed by atoms with van der Waals surface area (Å²) < 4.78 is 44.1. The van der Waals surface area contributed by atoms with Crippen molar-refractivity contribution in [3.05, 3.63) is 58.6 Å². The molecule has 1 unspecified atom stereocenters. The van der Waals surface area contributed by atoms with E-state index in [0.717, 1.165) is 12.1 Å². The highest BCUT2D eigenvalue weighted by atomic mass is 35.5. The maximum absolute atomic E-state index is 13.9. The number of nitrogens with zero attached hydrogens (tertiary/aromatic N) is 2. The first-order valence-electron chi connectivity index (χ1n) is 10.2. The van der Waals surface area contributed by atoms with Gasteiger partial charge in [-0.3, -0.25) is 4.79 Å². The lowest BCUT2D eigenvalue weighted by atomic mass is 10.1. The number of benzene rings is 2. The highest BCUT2D eigenvalue weighted by Gasteiger charge is 2.45. The molecule has 2 aliphatic heterocycles. The van der Waals surface area contributed by atoms with Gasteiger partial charge >= 0.3 is 6.03 Å². The second-order valence-electron chi connectivity index (χ2n) is 7.65. The average Bonchev–Trinajstić information content (AvgIpc) is 2.80. The van der Waals surface area contributed by atoms with E-state index < -0.39 is 23.5 Å². The zero-order valence-corrected chi connectivity index (χ0v) is 18.5. The summed E-state index contributed by atoms with van der Waals surface area (Å²) in [6.45, 7) is 0.967. The third-order valence-corrected chi connectivity index (χ3v) is 5.69. The van der Waals surface area contributed by atoms with Crippen molar-refractivity contribution in [3.63, 3.8) is 0 Å². The van der Waals surface area contributed by atoms with E-state index in [4.69, 9.17) is 25.8 Å². The van der Waals surface area contributed by atoms with Gasteiger partial charge in [0.2, 0.25) is 5.79 Å². The number of rotatable bonds is 3. The second kappa shape index (κ2) is 9.50. The molecule has 0 aromatic heterocycles. The SMILES string of the molecule is COc1ccc(Cl)cc1C(=O)N1CCOC2(CN(C(=O)Nc3ccc(F)cc3F)CCO2)C1. The molecule has 0 bridgehead atoms. The van der Waals surface area contributed by atoms with Crippen LogP contribution in [0.5, 0.6) is 5.75 Å². The Morgan fingerprint density at radius 2 is 1.76 bits per heavy atom. The van der Waals surface area contributed by atoms with Crippen LogP contribution in [0.25, 0.3) is 0 Å². The van der Waals surface area contributed by atoms with Crippen molar-refractivity contribution in [2.75, 3.05) is 51.8 Å². The van der Waals surface area contributed by atoms with Gasteiger partial charge in [0.25, 0.3) is 5.91 Å². The van der Waals surface area contributed by atoms with Crippen molar-refractivity contribution in [1.82, 2.24) is 9.80 Å². The zero-order chi connectivity index (χ0) is 23.6. The summed E-state index contributed by atoms with van der Waals surface area (Å²) in [4.78, 5) is 28.9. The van der Waals surface area contributed by atoms with E-state index >= 15 is 0 Å². The molecule has 8 nitrogen and oxygen atoms in total. The van der Waals surface area contributed by atoms with Crippen molar-refractivity contribution in [3.8, 4) is 5.75 Å². The number of methoxy groups -OCH3 is 1. The Labute approximate surface area is 193 Å². The minimum absolute atomic E-state index is 0.0120. The number of anilines is 1. The first kappa shape index (κ1) is 23.2. The number of halogens is 3. The molecule has 0 saturated carbocycles. The maximum Gasteiger partial charge on any atom is 0.322 e. The van der Waals surface area contributed by atoms with E-state index in [1.165, 1.54) is 18.1 Å². The predicted molar refractivity (Wildman–Crippen MR) is 115 cm³/mol. The van der Waals surface area contributed by atoms with Gasteiger partial charge in [0.15, 0.2) is 0 Å². The number of carbonyl (C=O) groups excluding carboxylic acids is 2. The Kier molecular flexibility index (Phi) is 6.68. The molecule has 1 N–H and O–H groups in total. The summed E-state index contributed by atoms with van der Waals surface area (Å²) in [6.07, 6.45) is 0. The minimum Gasteiger partial charge on any atom is -0.496 e. The molecule has 2 fully saturated rings. The zero-order valence-electron chi connectivity index (χ0n) is 17.8. The Bertz CT molecular complexity index is 1070. The van der Waals surface area contributed by atoms with Gasteiger partial charge in [-0.15, -0.1) is 0 Å². The standard InChI is InChI=1S/C22H22ClF2N3O5/c1-31-19-5-2-14(23)10-16(19)20(29)27-6-8-32-22(12-27)13-28(7-9-33-22)21(30)26-18-4-3-15(24)11-17(18)25/h2-5,10-11H,6-9,12-13H2,1H3,(H,26,30). The number of hydrogen-bond acceptors (Lipinski definition) is 5. The third-order valence-electron chi connectivity index (χ3n) is 5.46. The van der Waals surface area contributed by atoms with Gasteiger partial charge in [0, 0.05) is 24.2 Å². The van der Waals surface area contributed by atoms with Crippen LogP contribution in [0.15, 0.2) is 36.4 Å². The van der Waals surface area contributed by atoms with E-state index in [9.17, 15) is 18.4 Å². The van der Waals surface area contributed by atoms with E-state index in [-0.39, 0.29) is 44.4 Å². The number of morpholine rings is 2. The van der Waals surface area contributed by atoms with Crippen LogP contribution in [0, 0.1) is 11.6 Å². The first-order valence-corrected chi connectivity index (χ1v) is 10.6. The van der Waals surface area contributed by atoms with E-state index in [2.05, 4.69) is 5.32 Å². The molecular weight excluding hydrogens is 460 g/mol. The lowest BCUT2D eigenvalue weighted by Crippen LogP contribution is -2.64. The molecule has 11 heteroatoms. The van der Waals surface area contributed by atoms with Crippen LogP contribution >= 0.6 is 11.6 Å². The van der Waals surface area contributed by atoms with Gasteiger partial charge in [-0.1, -0.05) is 11.6 Å². The lowest BCUT2D eigenvalue weighted by Gasteiger charge is -2.47. The van der Waals surface area contributed by atoms with Crippen molar-refractivity contribution in [2.45, 2.75) is 5.79 Å². The van der Waals surface area contributed by atoms with Crippen LogP contribution in [0.1, 0.15) is 10.4 Å². The number of nitrogens with one attached hydrogen (secondary N) is 1. The van der Waals surface area contributed by atoms with Crippen LogP contribution < -0.4 is 10.1 Å². The number of carbonyl (C=O) groups is 2. The summed E-state index contributed by atoms with van der Waals surface area (Å²) in [6, 6.07) is 7.07. The summed E-state index contributed by atoms with van der Waals surface area (Å²) in [5.74, 6) is -2.79. The Hall–Kier alpha value is -2.95. The van der Waals surface area contributed by atoms with Crippen LogP contribution in [0.3, 0.4) is 0 Å². The van der Waals surface area contributed by atoms with Gasteiger partial charge in [0.1, 0.15) is 17.4 Å². The fourth-order valence-electron chi connectivity index (χ4n) is 3.85. The molecule has 2 aromatic rings. The van der Waals surface area contributed by atoms with Crippen LogP contribution in [-0.2, 0) is 9.47 Å². The minimum atomic E-state index is -1.24. The van der Waals surface area contributed by atoms with Crippen LogP contribution in [-0.4, -0.2) is 74.0 Å². The quantitative estimate of drug-likeness (QED) is 0.727. The van der Waals surface area contributed by atoms with Crippen LogP contribution in [0.2, 0.25) is 5.02 Å². The molecule has 0 radical (unpaired) electrons. The molecule has 33 heavy (non-hydrogen) atoms. The van der Waals surface area contributed by atoms with E-state index in [1.54, 1.807) is 17.0 Å². The monoisotopic (exact) mass is 481 g/mol. The molecule has 176 valence electrons. The molecule has 4 rings (SSSR count). The molecule has 2 saturated heterocycles. The molecule has 1 spiro atoms. The van der Waals surface area contributed by atoms with Crippen molar-refractivity contribution >= 4 is 29.2 Å². The molecule has 2 aromatic carbocycles. The fraction of sp³-hybridized carbons (Fsp3) is 0.364. The van der Waals surface area contributed by atoms with Gasteiger partial charge < -0.3 is 29.3 Å². The number of hydrogen-bond donors (Lipinski definition) is 1. The predicted octanol–water partition coefficient (Wildman–Crippen LogP) is 3.36. The van der Waals surface area contributed by atoms with Crippen LogP contribution in [0.4, 0.5) is 19.3 Å². The van der Waals surface area contributed by atoms with Gasteiger partial charge in [-0.25, -0.2) is 13.6 Å². The fourth-order valence-corrected chi connectivity index (χ4v) is 4.02. The topological polar surface area (TPSA) is 80.3 Å². The van der Waals surface area contributed by atoms with Crippen molar-refractivity contribution in [1.29, 1.82) is 0 Å². The molecule has 2 heterocycles. The Morgan fingerprint density at radius 1 is 1.06 bits per heavy atom. The maximum atomic E-state index is 13.9. The van der Waals surface area contributed by atoms with Crippen molar-refractivity contribution in [2.24, 2.45) is 0 Å². The number of ether oxygens (including phenoxy) is 3. The second-order valence-corrected chi connectivity index (χ2v) is 8.09.